The summed E-state index contributed by atoms with van der Waals surface area (Å²) in [6, 6.07) is 5.74. The van der Waals surface area contributed by atoms with E-state index in [-0.39, 0.29) is 6.04 Å². The van der Waals surface area contributed by atoms with Crippen LogP contribution in [0.5, 0.6) is 0 Å². The van der Waals surface area contributed by atoms with E-state index in [0.717, 1.165) is 34.9 Å². The lowest BCUT2D eigenvalue weighted by Gasteiger charge is -2.22. The molecule has 2 amide bonds. The number of amides is 2. The van der Waals surface area contributed by atoms with Crippen molar-refractivity contribution >= 4 is 32.9 Å². The number of halogens is 1. The Bertz CT molecular complexity index is 620. The van der Waals surface area contributed by atoms with Gasteiger partial charge in [-0.2, -0.15) is 0 Å². The fourth-order valence-electron chi connectivity index (χ4n) is 2.75. The Labute approximate surface area is 113 Å². The Morgan fingerprint density at radius 2 is 2.33 bits per heavy atom. The Hall–Kier alpha value is -1.49. The lowest BCUT2D eigenvalue weighted by molar-refractivity contribution is 0.243. The van der Waals surface area contributed by atoms with Crippen LogP contribution in [0.15, 0.2) is 22.7 Å². The van der Waals surface area contributed by atoms with Crippen molar-refractivity contribution < 1.29 is 4.79 Å². The minimum Gasteiger partial charge on any atom is -0.356 e. The number of fused-ring (bicyclic) bond motifs is 3. The second-order valence-corrected chi connectivity index (χ2v) is 5.58. The van der Waals surface area contributed by atoms with Crippen LogP contribution < -0.4 is 11.1 Å². The zero-order valence-corrected chi connectivity index (χ0v) is 11.4. The maximum Gasteiger partial charge on any atom is 0.312 e. The van der Waals surface area contributed by atoms with Crippen molar-refractivity contribution in [1.82, 2.24) is 10.3 Å². The second kappa shape index (κ2) is 4.31. The van der Waals surface area contributed by atoms with Gasteiger partial charge in [0.05, 0.1) is 6.04 Å². The predicted octanol–water partition coefficient (Wildman–Crippen LogP) is 2.98. The van der Waals surface area contributed by atoms with E-state index in [2.05, 4.69) is 38.4 Å². The summed E-state index contributed by atoms with van der Waals surface area (Å²) in [6.07, 6.45) is 3.05. The summed E-state index contributed by atoms with van der Waals surface area (Å²) in [5.41, 5.74) is 8.75. The molecule has 5 heteroatoms. The zero-order chi connectivity index (χ0) is 12.7. The van der Waals surface area contributed by atoms with Gasteiger partial charge < -0.3 is 16.0 Å². The quantitative estimate of drug-likeness (QED) is 0.744. The molecule has 1 atom stereocenters. The van der Waals surface area contributed by atoms with Gasteiger partial charge in [-0.1, -0.05) is 15.9 Å². The predicted molar refractivity (Wildman–Crippen MR) is 74.4 cm³/mol. The highest BCUT2D eigenvalue weighted by molar-refractivity contribution is 9.10. The number of nitrogens with one attached hydrogen (secondary N) is 2. The van der Waals surface area contributed by atoms with Crippen LogP contribution in [0.4, 0.5) is 4.79 Å². The van der Waals surface area contributed by atoms with Gasteiger partial charge in [-0.3, -0.25) is 0 Å². The first kappa shape index (κ1) is 11.6. The molecule has 1 unspecified atom stereocenters. The number of hydrogen-bond donors (Lipinski definition) is 3. The molecule has 1 aromatic carbocycles. The minimum atomic E-state index is -0.465. The average Bonchev–Trinajstić information content (AvgIpc) is 2.68. The van der Waals surface area contributed by atoms with Crippen molar-refractivity contribution in [2.45, 2.75) is 25.3 Å². The van der Waals surface area contributed by atoms with Crippen molar-refractivity contribution in [3.8, 4) is 0 Å². The van der Waals surface area contributed by atoms with Crippen LogP contribution in [0, 0.1) is 0 Å². The molecule has 4 N–H and O–H groups in total. The number of carbonyl (C=O) groups is 1. The average molecular weight is 308 g/mol. The van der Waals surface area contributed by atoms with Crippen molar-refractivity contribution in [2.75, 3.05) is 0 Å². The Kier molecular flexibility index (Phi) is 2.78. The number of benzene rings is 1. The second-order valence-electron chi connectivity index (χ2n) is 4.66. The maximum absolute atomic E-state index is 11.0. The van der Waals surface area contributed by atoms with E-state index in [9.17, 15) is 4.79 Å². The summed E-state index contributed by atoms with van der Waals surface area (Å²) in [6.45, 7) is 0. The highest BCUT2D eigenvalue weighted by Crippen LogP contribution is 2.35. The number of nitrogens with two attached hydrogens (primary N) is 1. The smallest absolute Gasteiger partial charge is 0.312 e. The van der Waals surface area contributed by atoms with Gasteiger partial charge in [-0.05, 0) is 43.0 Å². The molecule has 2 aromatic rings. The number of primary amides is 1. The van der Waals surface area contributed by atoms with Crippen molar-refractivity contribution in [1.29, 1.82) is 0 Å². The van der Waals surface area contributed by atoms with E-state index < -0.39 is 6.03 Å². The molecular formula is C13H14BrN3O. The lowest BCUT2D eigenvalue weighted by Crippen LogP contribution is -2.34. The minimum absolute atomic E-state index is 0.0115. The van der Waals surface area contributed by atoms with Gasteiger partial charge in [0.2, 0.25) is 0 Å². The van der Waals surface area contributed by atoms with Crippen LogP contribution in [-0.4, -0.2) is 11.0 Å². The number of urea groups is 1. The summed E-state index contributed by atoms with van der Waals surface area (Å²) in [5, 5.41) is 4.04. The highest BCUT2D eigenvalue weighted by Gasteiger charge is 2.24. The molecule has 3 rings (SSSR count). The molecule has 18 heavy (non-hydrogen) atoms. The van der Waals surface area contributed by atoms with Gasteiger partial charge in [0.25, 0.3) is 0 Å². The number of aromatic amines is 1. The molecule has 1 heterocycles. The molecule has 0 bridgehead atoms. The summed E-state index contributed by atoms with van der Waals surface area (Å²) < 4.78 is 1.07. The van der Waals surface area contributed by atoms with Crippen LogP contribution in [0.2, 0.25) is 0 Å². The Morgan fingerprint density at radius 1 is 1.50 bits per heavy atom. The fraction of sp³-hybridized carbons (Fsp3) is 0.308. The summed E-state index contributed by atoms with van der Waals surface area (Å²) in [5.74, 6) is 0. The molecule has 0 aliphatic heterocycles. The number of rotatable bonds is 1. The zero-order valence-electron chi connectivity index (χ0n) is 9.79. The van der Waals surface area contributed by atoms with E-state index in [0.29, 0.717) is 0 Å². The number of hydrogen-bond acceptors (Lipinski definition) is 1. The first-order chi connectivity index (χ1) is 8.65. The first-order valence-corrected chi connectivity index (χ1v) is 6.80. The normalized spacial score (nSPS) is 18.6. The molecule has 0 spiro atoms. The molecule has 1 aromatic heterocycles. The standard InChI is InChI=1S/C13H14BrN3O/c14-7-4-5-10-9(6-7)8-2-1-3-11(12(8)16-10)17-13(15)18/h4-6,11,16H,1-3H2,(H3,15,17,18). The van der Waals surface area contributed by atoms with Gasteiger partial charge >= 0.3 is 6.03 Å². The Balaban J connectivity index is 2.12. The maximum atomic E-state index is 11.0. The lowest BCUT2D eigenvalue weighted by atomic mass is 9.92. The van der Waals surface area contributed by atoms with E-state index in [4.69, 9.17) is 5.73 Å². The van der Waals surface area contributed by atoms with Crippen LogP contribution in [0.25, 0.3) is 10.9 Å². The van der Waals surface area contributed by atoms with Gasteiger partial charge in [-0.15, -0.1) is 0 Å². The molecular weight excluding hydrogens is 294 g/mol. The third-order valence-corrected chi connectivity index (χ3v) is 3.98. The van der Waals surface area contributed by atoms with Crippen LogP contribution >= 0.6 is 15.9 Å². The van der Waals surface area contributed by atoms with E-state index >= 15 is 0 Å². The number of carbonyl (C=O) groups excluding carboxylic acids is 1. The topological polar surface area (TPSA) is 70.9 Å². The van der Waals surface area contributed by atoms with Crippen molar-refractivity contribution in [3.05, 3.63) is 33.9 Å². The van der Waals surface area contributed by atoms with E-state index in [1.807, 2.05) is 6.07 Å². The molecule has 0 radical (unpaired) electrons. The van der Waals surface area contributed by atoms with Crippen LogP contribution in [0.3, 0.4) is 0 Å². The highest BCUT2D eigenvalue weighted by atomic mass is 79.9. The van der Waals surface area contributed by atoms with Gasteiger partial charge in [0, 0.05) is 21.1 Å². The van der Waals surface area contributed by atoms with Crippen molar-refractivity contribution in [2.24, 2.45) is 5.73 Å². The Morgan fingerprint density at radius 3 is 3.11 bits per heavy atom. The molecule has 1 aliphatic rings. The molecule has 0 saturated heterocycles. The third kappa shape index (κ3) is 1.88. The van der Waals surface area contributed by atoms with Gasteiger partial charge in [0.15, 0.2) is 0 Å². The first-order valence-electron chi connectivity index (χ1n) is 6.01. The summed E-state index contributed by atoms with van der Waals surface area (Å²) in [7, 11) is 0. The largest absolute Gasteiger partial charge is 0.356 e. The SMILES string of the molecule is NC(=O)NC1CCCc2c1[nH]c1ccc(Br)cc21. The molecule has 1 aliphatic carbocycles. The molecule has 4 nitrogen and oxygen atoms in total. The number of H-pyrrole nitrogens is 1. The van der Waals surface area contributed by atoms with E-state index in [1.54, 1.807) is 0 Å². The number of aromatic nitrogens is 1. The van der Waals surface area contributed by atoms with Gasteiger partial charge in [0.1, 0.15) is 0 Å². The number of aryl methyl sites for hydroxylation is 1. The third-order valence-electron chi connectivity index (χ3n) is 3.49. The molecule has 0 fully saturated rings. The monoisotopic (exact) mass is 307 g/mol. The van der Waals surface area contributed by atoms with Crippen LogP contribution in [0.1, 0.15) is 30.1 Å². The summed E-state index contributed by atoms with van der Waals surface area (Å²) >= 11 is 3.50. The van der Waals surface area contributed by atoms with Gasteiger partial charge in [-0.25, -0.2) is 4.79 Å². The molecule has 94 valence electrons. The fourth-order valence-corrected chi connectivity index (χ4v) is 3.11. The van der Waals surface area contributed by atoms with Crippen LogP contribution in [-0.2, 0) is 6.42 Å². The van der Waals surface area contributed by atoms with E-state index in [1.165, 1.54) is 10.9 Å². The molecule has 0 saturated carbocycles. The van der Waals surface area contributed by atoms with Crippen molar-refractivity contribution in [3.63, 3.8) is 0 Å². The summed E-state index contributed by atoms with van der Waals surface area (Å²) in [4.78, 5) is 14.4.